The van der Waals surface area contributed by atoms with E-state index < -0.39 is 0 Å². The summed E-state index contributed by atoms with van der Waals surface area (Å²) in [7, 11) is 4.95. The number of nitrogens with zero attached hydrogens (tertiary/aromatic N) is 5. The predicted octanol–water partition coefficient (Wildman–Crippen LogP) is 1.61. The molecule has 0 saturated heterocycles. The molecule has 0 atom stereocenters. The van der Waals surface area contributed by atoms with Crippen LogP contribution >= 0.6 is 0 Å². The standard InChI is InChI=1S/C19H21N5O3/c1-11-22-14-5-6-24(9-13(14)19(25)23(11)2)18-12-7-16(26-3)17(27-4)8-15(12)20-10-21-18/h7-8,10H,5-6,9H2,1-4H3. The van der Waals surface area contributed by atoms with Gasteiger partial charge in [0.1, 0.15) is 18.0 Å². The van der Waals surface area contributed by atoms with E-state index >= 15 is 0 Å². The second kappa shape index (κ2) is 6.53. The van der Waals surface area contributed by atoms with E-state index in [1.807, 2.05) is 19.1 Å². The third kappa shape index (κ3) is 2.77. The first-order chi connectivity index (χ1) is 13.0. The van der Waals surface area contributed by atoms with Gasteiger partial charge in [0.15, 0.2) is 11.5 Å². The molecule has 0 amide bonds. The summed E-state index contributed by atoms with van der Waals surface area (Å²) in [5, 5.41) is 0.857. The number of aryl methyl sites for hydroxylation is 1. The number of benzene rings is 1. The SMILES string of the molecule is COc1cc2ncnc(N3CCc4nc(C)n(C)c(=O)c4C3)c2cc1OC. The van der Waals surface area contributed by atoms with Crippen molar-refractivity contribution in [2.75, 3.05) is 25.7 Å². The number of aromatic nitrogens is 4. The molecule has 2 aromatic heterocycles. The summed E-state index contributed by atoms with van der Waals surface area (Å²) in [6, 6.07) is 3.71. The molecule has 0 N–H and O–H groups in total. The Kier molecular flexibility index (Phi) is 4.18. The van der Waals surface area contributed by atoms with Crippen molar-refractivity contribution in [2.24, 2.45) is 7.05 Å². The van der Waals surface area contributed by atoms with Crippen molar-refractivity contribution in [1.82, 2.24) is 19.5 Å². The summed E-state index contributed by atoms with van der Waals surface area (Å²) in [4.78, 5) is 28.2. The number of hydrogen-bond acceptors (Lipinski definition) is 7. The molecule has 0 unspecified atom stereocenters. The Morgan fingerprint density at radius 1 is 1.11 bits per heavy atom. The Labute approximate surface area is 156 Å². The van der Waals surface area contributed by atoms with Gasteiger partial charge in [0.25, 0.3) is 5.56 Å². The topological polar surface area (TPSA) is 82.4 Å². The van der Waals surface area contributed by atoms with Crippen LogP contribution in [0.15, 0.2) is 23.3 Å². The number of fused-ring (bicyclic) bond motifs is 2. The fraction of sp³-hybridized carbons (Fsp3) is 0.368. The highest BCUT2D eigenvalue weighted by Crippen LogP contribution is 2.35. The lowest BCUT2D eigenvalue weighted by Crippen LogP contribution is -2.38. The lowest BCUT2D eigenvalue weighted by molar-refractivity contribution is 0.356. The predicted molar refractivity (Wildman–Crippen MR) is 102 cm³/mol. The van der Waals surface area contributed by atoms with Crippen molar-refractivity contribution >= 4 is 16.7 Å². The van der Waals surface area contributed by atoms with Crippen LogP contribution in [0.3, 0.4) is 0 Å². The summed E-state index contributed by atoms with van der Waals surface area (Å²) >= 11 is 0. The highest BCUT2D eigenvalue weighted by atomic mass is 16.5. The molecule has 0 aliphatic carbocycles. The van der Waals surface area contributed by atoms with Crippen LogP contribution in [0, 0.1) is 6.92 Å². The first-order valence-corrected chi connectivity index (χ1v) is 8.70. The smallest absolute Gasteiger partial charge is 0.258 e. The molecule has 3 aromatic rings. The minimum atomic E-state index is -0.000175. The van der Waals surface area contributed by atoms with E-state index in [2.05, 4.69) is 19.9 Å². The quantitative estimate of drug-likeness (QED) is 0.695. The third-order valence-corrected chi connectivity index (χ3v) is 5.08. The maximum Gasteiger partial charge on any atom is 0.258 e. The monoisotopic (exact) mass is 367 g/mol. The molecule has 27 heavy (non-hydrogen) atoms. The summed E-state index contributed by atoms with van der Waals surface area (Å²) in [6.07, 6.45) is 2.23. The fourth-order valence-corrected chi connectivity index (χ4v) is 3.49. The summed E-state index contributed by atoms with van der Waals surface area (Å²) < 4.78 is 12.4. The number of ether oxygens (including phenoxy) is 2. The van der Waals surface area contributed by atoms with Crippen molar-refractivity contribution in [3.63, 3.8) is 0 Å². The van der Waals surface area contributed by atoms with Crippen LogP contribution < -0.4 is 19.9 Å². The lowest BCUT2D eigenvalue weighted by atomic mass is 10.1. The summed E-state index contributed by atoms with van der Waals surface area (Å²) in [5.41, 5.74) is 2.37. The Morgan fingerprint density at radius 2 is 1.85 bits per heavy atom. The Bertz CT molecular complexity index is 1090. The van der Waals surface area contributed by atoms with Crippen LogP contribution in [0.2, 0.25) is 0 Å². The molecule has 1 aromatic carbocycles. The molecule has 1 aliphatic rings. The van der Waals surface area contributed by atoms with Gasteiger partial charge in [0, 0.05) is 31.5 Å². The molecule has 0 radical (unpaired) electrons. The van der Waals surface area contributed by atoms with Gasteiger partial charge in [-0.05, 0) is 13.0 Å². The Balaban J connectivity index is 1.82. The van der Waals surface area contributed by atoms with Crippen LogP contribution in [0.4, 0.5) is 5.82 Å². The van der Waals surface area contributed by atoms with Crippen molar-refractivity contribution in [3.8, 4) is 11.5 Å². The van der Waals surface area contributed by atoms with E-state index in [1.165, 1.54) is 6.33 Å². The van der Waals surface area contributed by atoms with Crippen molar-refractivity contribution in [1.29, 1.82) is 0 Å². The maximum atomic E-state index is 12.7. The minimum absolute atomic E-state index is 0.000175. The molecule has 1 aliphatic heterocycles. The molecule has 0 bridgehead atoms. The summed E-state index contributed by atoms with van der Waals surface area (Å²) in [6.45, 7) is 3.05. The maximum absolute atomic E-state index is 12.7. The first kappa shape index (κ1) is 17.3. The van der Waals surface area contributed by atoms with Gasteiger partial charge in [-0.1, -0.05) is 0 Å². The Hall–Kier alpha value is -3.16. The largest absolute Gasteiger partial charge is 0.493 e. The zero-order valence-corrected chi connectivity index (χ0v) is 15.8. The average molecular weight is 367 g/mol. The molecule has 3 heterocycles. The highest BCUT2D eigenvalue weighted by molar-refractivity contribution is 5.92. The number of rotatable bonds is 3. The van der Waals surface area contributed by atoms with Crippen LogP contribution in [-0.2, 0) is 20.0 Å². The van der Waals surface area contributed by atoms with Gasteiger partial charge in [0.05, 0.1) is 37.5 Å². The second-order valence-electron chi connectivity index (χ2n) is 6.54. The minimum Gasteiger partial charge on any atom is -0.493 e. The number of methoxy groups -OCH3 is 2. The van der Waals surface area contributed by atoms with E-state index in [9.17, 15) is 4.79 Å². The van der Waals surface area contributed by atoms with Crippen LogP contribution in [-0.4, -0.2) is 40.3 Å². The number of hydrogen-bond donors (Lipinski definition) is 0. The van der Waals surface area contributed by atoms with Crippen LogP contribution in [0.25, 0.3) is 10.9 Å². The van der Waals surface area contributed by atoms with Crippen molar-refractivity contribution in [2.45, 2.75) is 19.9 Å². The van der Waals surface area contributed by atoms with Gasteiger partial charge in [-0.15, -0.1) is 0 Å². The zero-order valence-electron chi connectivity index (χ0n) is 15.8. The van der Waals surface area contributed by atoms with Crippen LogP contribution in [0.1, 0.15) is 17.1 Å². The molecular formula is C19H21N5O3. The van der Waals surface area contributed by atoms with E-state index in [0.717, 1.165) is 40.3 Å². The Morgan fingerprint density at radius 3 is 2.59 bits per heavy atom. The summed E-state index contributed by atoms with van der Waals surface area (Å²) in [5.74, 6) is 2.74. The second-order valence-corrected chi connectivity index (χ2v) is 6.54. The van der Waals surface area contributed by atoms with Gasteiger partial charge in [0.2, 0.25) is 0 Å². The van der Waals surface area contributed by atoms with Gasteiger partial charge >= 0.3 is 0 Å². The normalized spacial score (nSPS) is 13.6. The first-order valence-electron chi connectivity index (χ1n) is 8.70. The van der Waals surface area contributed by atoms with Gasteiger partial charge in [-0.2, -0.15) is 0 Å². The highest BCUT2D eigenvalue weighted by Gasteiger charge is 2.24. The lowest BCUT2D eigenvalue weighted by Gasteiger charge is -2.30. The van der Waals surface area contributed by atoms with E-state index in [0.29, 0.717) is 24.5 Å². The molecule has 0 saturated carbocycles. The van der Waals surface area contributed by atoms with Crippen molar-refractivity contribution in [3.05, 3.63) is 45.9 Å². The van der Waals surface area contributed by atoms with Crippen molar-refractivity contribution < 1.29 is 9.47 Å². The molecule has 0 spiro atoms. The number of anilines is 1. The molecular weight excluding hydrogens is 346 g/mol. The van der Waals surface area contributed by atoms with Gasteiger partial charge in [-0.3, -0.25) is 9.36 Å². The molecule has 0 fully saturated rings. The van der Waals surface area contributed by atoms with E-state index in [1.54, 1.807) is 25.8 Å². The molecule has 8 heteroatoms. The van der Waals surface area contributed by atoms with Crippen LogP contribution in [0.5, 0.6) is 11.5 Å². The fourth-order valence-electron chi connectivity index (χ4n) is 3.49. The zero-order chi connectivity index (χ0) is 19.1. The van der Waals surface area contributed by atoms with E-state index in [-0.39, 0.29) is 5.56 Å². The average Bonchev–Trinajstić information content (AvgIpc) is 2.70. The molecule has 4 rings (SSSR count). The molecule has 140 valence electrons. The molecule has 8 nitrogen and oxygen atoms in total. The van der Waals surface area contributed by atoms with Gasteiger partial charge < -0.3 is 14.4 Å². The van der Waals surface area contributed by atoms with E-state index in [4.69, 9.17) is 9.47 Å². The van der Waals surface area contributed by atoms with Gasteiger partial charge in [-0.25, -0.2) is 15.0 Å². The third-order valence-electron chi connectivity index (χ3n) is 5.08.